The normalized spacial score (nSPS) is 13.5. The number of hydrogen-bond donors (Lipinski definition) is 1. The SMILES string of the molecule is O=C(Nc1nc2cc3c(cc2s1)OCCCO3)c1cc(Cl)ccc1Cl. The molecule has 25 heavy (non-hydrogen) atoms. The van der Waals surface area contributed by atoms with Crippen LogP contribution in [0.1, 0.15) is 16.8 Å². The highest BCUT2D eigenvalue weighted by Crippen LogP contribution is 2.37. The summed E-state index contributed by atoms with van der Waals surface area (Å²) in [6.45, 7) is 1.23. The second-order valence-corrected chi connectivity index (χ2v) is 7.29. The van der Waals surface area contributed by atoms with Crippen molar-refractivity contribution in [2.75, 3.05) is 18.5 Å². The second kappa shape index (κ2) is 6.71. The van der Waals surface area contributed by atoms with Gasteiger partial charge in [0.2, 0.25) is 0 Å². The van der Waals surface area contributed by atoms with Crippen LogP contribution in [0.15, 0.2) is 30.3 Å². The standard InChI is InChI=1S/C17H12Cl2N2O3S/c18-9-2-3-11(19)10(6-9)16(22)21-17-20-12-7-13-14(8-15(12)25-17)24-5-1-4-23-13/h2-3,6-8H,1,4-5H2,(H,20,21,22). The van der Waals surface area contributed by atoms with Gasteiger partial charge in [0.05, 0.1) is 34.0 Å². The van der Waals surface area contributed by atoms with Gasteiger partial charge in [-0.1, -0.05) is 34.5 Å². The molecule has 0 unspecified atom stereocenters. The Morgan fingerprint density at radius 1 is 1.12 bits per heavy atom. The van der Waals surface area contributed by atoms with E-state index in [1.807, 2.05) is 12.1 Å². The van der Waals surface area contributed by atoms with Gasteiger partial charge in [-0.05, 0) is 18.2 Å². The third-order valence-corrected chi connectivity index (χ3v) is 5.15. The lowest BCUT2D eigenvalue weighted by Crippen LogP contribution is -2.12. The van der Waals surface area contributed by atoms with Crippen LogP contribution in [0.25, 0.3) is 10.2 Å². The molecule has 0 saturated heterocycles. The molecular weight excluding hydrogens is 383 g/mol. The molecule has 1 N–H and O–H groups in total. The average molecular weight is 395 g/mol. The summed E-state index contributed by atoms with van der Waals surface area (Å²) < 4.78 is 12.2. The topological polar surface area (TPSA) is 60.5 Å². The van der Waals surface area contributed by atoms with Crippen LogP contribution in [0.4, 0.5) is 5.13 Å². The maximum Gasteiger partial charge on any atom is 0.259 e. The van der Waals surface area contributed by atoms with Gasteiger partial charge in [0.15, 0.2) is 16.6 Å². The first-order valence-electron chi connectivity index (χ1n) is 7.57. The lowest BCUT2D eigenvalue weighted by molar-refractivity contribution is 0.102. The Kier molecular flexibility index (Phi) is 4.41. The molecule has 8 heteroatoms. The van der Waals surface area contributed by atoms with E-state index in [-0.39, 0.29) is 5.91 Å². The average Bonchev–Trinajstić information content (AvgIpc) is 2.82. The van der Waals surface area contributed by atoms with Gasteiger partial charge in [-0.3, -0.25) is 10.1 Å². The fourth-order valence-electron chi connectivity index (χ4n) is 2.47. The van der Waals surface area contributed by atoms with Gasteiger partial charge >= 0.3 is 0 Å². The fraction of sp³-hybridized carbons (Fsp3) is 0.176. The molecule has 0 spiro atoms. The summed E-state index contributed by atoms with van der Waals surface area (Å²) in [5.41, 5.74) is 1.04. The number of aromatic nitrogens is 1. The van der Waals surface area contributed by atoms with Crippen LogP contribution < -0.4 is 14.8 Å². The Hall–Kier alpha value is -2.02. The van der Waals surface area contributed by atoms with Crippen molar-refractivity contribution in [2.45, 2.75) is 6.42 Å². The van der Waals surface area contributed by atoms with Crippen LogP contribution >= 0.6 is 34.5 Å². The number of hydrogen-bond acceptors (Lipinski definition) is 5. The zero-order chi connectivity index (χ0) is 17.4. The molecule has 4 rings (SSSR count). The Bertz CT molecular complexity index is 931. The monoisotopic (exact) mass is 394 g/mol. The number of halogens is 2. The third-order valence-electron chi connectivity index (χ3n) is 3.65. The van der Waals surface area contributed by atoms with Crippen LogP contribution in [0.5, 0.6) is 11.5 Å². The van der Waals surface area contributed by atoms with Gasteiger partial charge in [0.25, 0.3) is 5.91 Å². The van der Waals surface area contributed by atoms with Crippen molar-refractivity contribution in [1.29, 1.82) is 0 Å². The van der Waals surface area contributed by atoms with Gasteiger partial charge in [-0.2, -0.15) is 0 Å². The number of rotatable bonds is 2. The van der Waals surface area contributed by atoms with Crippen molar-refractivity contribution in [2.24, 2.45) is 0 Å². The van der Waals surface area contributed by atoms with Crippen molar-refractivity contribution >= 4 is 55.8 Å². The first-order chi connectivity index (χ1) is 12.1. The van der Waals surface area contributed by atoms with Crippen LogP contribution in [0.2, 0.25) is 10.0 Å². The molecule has 0 bridgehead atoms. The highest BCUT2D eigenvalue weighted by Gasteiger charge is 2.17. The number of carbonyl (C=O) groups is 1. The minimum Gasteiger partial charge on any atom is -0.490 e. The Labute approximate surface area is 157 Å². The van der Waals surface area contributed by atoms with E-state index in [2.05, 4.69) is 10.3 Å². The maximum atomic E-state index is 12.4. The summed E-state index contributed by atoms with van der Waals surface area (Å²) in [5, 5.41) is 4.00. The molecular formula is C17H12Cl2N2O3S. The number of carbonyl (C=O) groups excluding carboxylic acids is 1. The molecule has 128 valence electrons. The fourth-order valence-corrected chi connectivity index (χ4v) is 3.72. The summed E-state index contributed by atoms with van der Waals surface area (Å²) in [4.78, 5) is 16.9. The molecule has 2 heterocycles. The molecule has 0 radical (unpaired) electrons. The van der Waals surface area contributed by atoms with Crippen molar-refractivity contribution < 1.29 is 14.3 Å². The van der Waals surface area contributed by atoms with E-state index in [1.54, 1.807) is 12.1 Å². The smallest absolute Gasteiger partial charge is 0.259 e. The van der Waals surface area contributed by atoms with Gasteiger partial charge in [-0.25, -0.2) is 4.98 Å². The molecule has 5 nitrogen and oxygen atoms in total. The maximum absolute atomic E-state index is 12.4. The summed E-state index contributed by atoms with van der Waals surface area (Å²) >= 11 is 13.4. The molecule has 3 aromatic rings. The first kappa shape index (κ1) is 16.4. The van der Waals surface area contributed by atoms with E-state index in [9.17, 15) is 4.79 Å². The summed E-state index contributed by atoms with van der Waals surface area (Å²) in [6.07, 6.45) is 0.845. The summed E-state index contributed by atoms with van der Waals surface area (Å²) in [6, 6.07) is 8.45. The number of fused-ring (bicyclic) bond motifs is 2. The predicted molar refractivity (Wildman–Crippen MR) is 99.6 cm³/mol. The van der Waals surface area contributed by atoms with E-state index < -0.39 is 0 Å². The third kappa shape index (κ3) is 3.38. The molecule has 0 atom stereocenters. The zero-order valence-electron chi connectivity index (χ0n) is 12.8. The molecule has 0 saturated carbocycles. The van der Waals surface area contributed by atoms with Gasteiger partial charge < -0.3 is 9.47 Å². The lowest BCUT2D eigenvalue weighted by Gasteiger charge is -2.05. The number of nitrogens with zero attached hydrogens (tertiary/aromatic N) is 1. The van der Waals surface area contributed by atoms with E-state index in [1.165, 1.54) is 17.4 Å². The van der Waals surface area contributed by atoms with E-state index in [0.717, 1.165) is 16.6 Å². The van der Waals surface area contributed by atoms with Crippen LogP contribution in [0, 0.1) is 0 Å². The van der Waals surface area contributed by atoms with Crippen molar-refractivity contribution in [3.05, 3.63) is 45.9 Å². The number of benzene rings is 2. The molecule has 1 aromatic heterocycles. The molecule has 2 aromatic carbocycles. The summed E-state index contributed by atoms with van der Waals surface area (Å²) in [7, 11) is 0. The van der Waals surface area contributed by atoms with E-state index in [0.29, 0.717) is 45.5 Å². The Balaban J connectivity index is 1.63. The predicted octanol–water partition coefficient (Wildman–Crippen LogP) is 5.02. The lowest BCUT2D eigenvalue weighted by atomic mass is 10.2. The van der Waals surface area contributed by atoms with Crippen molar-refractivity contribution in [1.82, 2.24) is 4.98 Å². The van der Waals surface area contributed by atoms with Crippen LogP contribution in [-0.2, 0) is 0 Å². The van der Waals surface area contributed by atoms with E-state index in [4.69, 9.17) is 32.7 Å². The molecule has 0 aliphatic carbocycles. The van der Waals surface area contributed by atoms with Crippen molar-refractivity contribution in [3.63, 3.8) is 0 Å². The number of amides is 1. The Morgan fingerprint density at radius 3 is 2.68 bits per heavy atom. The highest BCUT2D eigenvalue weighted by atomic mass is 35.5. The van der Waals surface area contributed by atoms with Crippen LogP contribution in [0.3, 0.4) is 0 Å². The minimum atomic E-state index is -0.361. The second-order valence-electron chi connectivity index (χ2n) is 5.41. The zero-order valence-corrected chi connectivity index (χ0v) is 15.2. The first-order valence-corrected chi connectivity index (χ1v) is 9.14. The molecule has 1 amide bonds. The molecule has 1 aliphatic rings. The minimum absolute atomic E-state index is 0.302. The largest absolute Gasteiger partial charge is 0.490 e. The van der Waals surface area contributed by atoms with Crippen molar-refractivity contribution in [3.8, 4) is 11.5 Å². The number of anilines is 1. The van der Waals surface area contributed by atoms with Gasteiger partial charge in [-0.15, -0.1) is 0 Å². The Morgan fingerprint density at radius 2 is 1.88 bits per heavy atom. The highest BCUT2D eigenvalue weighted by molar-refractivity contribution is 7.22. The number of ether oxygens (including phenoxy) is 2. The number of thiazole rings is 1. The summed E-state index contributed by atoms with van der Waals surface area (Å²) in [5.74, 6) is 1.01. The number of nitrogens with one attached hydrogen (secondary N) is 1. The van der Waals surface area contributed by atoms with Crippen LogP contribution in [-0.4, -0.2) is 24.1 Å². The van der Waals surface area contributed by atoms with Gasteiger partial charge in [0.1, 0.15) is 0 Å². The quantitative estimate of drug-likeness (QED) is 0.662. The van der Waals surface area contributed by atoms with Gasteiger partial charge in [0, 0.05) is 23.6 Å². The van der Waals surface area contributed by atoms with E-state index >= 15 is 0 Å². The molecule has 0 fully saturated rings. The molecule has 1 aliphatic heterocycles.